The maximum atomic E-state index is 12.0. The van der Waals surface area contributed by atoms with Crippen molar-refractivity contribution in [3.8, 4) is 0 Å². The highest BCUT2D eigenvalue weighted by Gasteiger charge is 2.25. The predicted molar refractivity (Wildman–Crippen MR) is 78.8 cm³/mol. The fourth-order valence-corrected chi connectivity index (χ4v) is 1.99. The van der Waals surface area contributed by atoms with Crippen molar-refractivity contribution in [3.63, 3.8) is 0 Å². The maximum absolute atomic E-state index is 12.0. The van der Waals surface area contributed by atoms with Crippen LogP contribution in [-0.2, 0) is 4.74 Å². The summed E-state index contributed by atoms with van der Waals surface area (Å²) < 4.78 is 5.35. The summed E-state index contributed by atoms with van der Waals surface area (Å²) in [6, 6.07) is 3.50. The van der Waals surface area contributed by atoms with Crippen molar-refractivity contribution < 1.29 is 9.53 Å². The summed E-state index contributed by atoms with van der Waals surface area (Å²) in [4.78, 5) is 17.5. The van der Waals surface area contributed by atoms with Crippen LogP contribution in [0.2, 0.25) is 0 Å². The van der Waals surface area contributed by atoms with Gasteiger partial charge in [0.15, 0.2) is 0 Å². The molecule has 1 aromatic heterocycles. The first kappa shape index (κ1) is 14.2. The van der Waals surface area contributed by atoms with E-state index >= 15 is 0 Å². The van der Waals surface area contributed by atoms with Gasteiger partial charge in [-0.05, 0) is 44.0 Å². The molecule has 1 aliphatic rings. The Bertz CT molecular complexity index is 541. The highest BCUT2D eigenvalue weighted by molar-refractivity contribution is 5.78. The zero-order chi connectivity index (χ0) is 14.9. The number of anilines is 2. The number of nitrogens with two attached hydrogens (primary N) is 2. The lowest BCUT2D eigenvalue weighted by molar-refractivity contribution is 0.0306. The van der Waals surface area contributed by atoms with E-state index < -0.39 is 5.60 Å². The number of pyridine rings is 1. The SMILES string of the molecule is CC(C)(C)OC(=O)N1CC=C(c2cc(N)nc(N)c2)C1. The van der Waals surface area contributed by atoms with Gasteiger partial charge in [-0.15, -0.1) is 0 Å². The van der Waals surface area contributed by atoms with Gasteiger partial charge in [0.05, 0.1) is 0 Å². The minimum absolute atomic E-state index is 0.321. The topological polar surface area (TPSA) is 94.5 Å². The van der Waals surface area contributed by atoms with Gasteiger partial charge in [-0.3, -0.25) is 0 Å². The number of carbonyl (C=O) groups is 1. The Hall–Kier alpha value is -2.24. The van der Waals surface area contributed by atoms with Gasteiger partial charge in [0, 0.05) is 13.1 Å². The van der Waals surface area contributed by atoms with E-state index in [1.807, 2.05) is 26.8 Å². The van der Waals surface area contributed by atoms with Crippen molar-refractivity contribution in [1.29, 1.82) is 0 Å². The van der Waals surface area contributed by atoms with E-state index in [2.05, 4.69) is 4.98 Å². The molecule has 0 unspecified atom stereocenters. The lowest BCUT2D eigenvalue weighted by atomic mass is 10.1. The van der Waals surface area contributed by atoms with Crippen LogP contribution in [0.25, 0.3) is 5.57 Å². The summed E-state index contributed by atoms with van der Waals surface area (Å²) in [6.45, 7) is 6.54. The fourth-order valence-electron chi connectivity index (χ4n) is 1.99. The summed E-state index contributed by atoms with van der Waals surface area (Å²) in [5.41, 5.74) is 12.8. The summed E-state index contributed by atoms with van der Waals surface area (Å²) in [5.74, 6) is 0.744. The number of rotatable bonds is 1. The van der Waals surface area contributed by atoms with Gasteiger partial charge >= 0.3 is 6.09 Å². The summed E-state index contributed by atoms with van der Waals surface area (Å²) in [5, 5.41) is 0. The van der Waals surface area contributed by atoms with E-state index in [1.54, 1.807) is 17.0 Å². The Balaban J connectivity index is 2.06. The van der Waals surface area contributed by atoms with E-state index in [0.717, 1.165) is 11.1 Å². The minimum atomic E-state index is -0.495. The van der Waals surface area contributed by atoms with Crippen molar-refractivity contribution in [2.45, 2.75) is 26.4 Å². The standard InChI is InChI=1S/C14H20N4O2/c1-14(2,3)20-13(19)18-5-4-9(8-18)10-6-11(15)17-12(16)7-10/h4,6-7H,5,8H2,1-3H3,(H4,15,16,17). The molecule has 0 saturated carbocycles. The number of amides is 1. The molecule has 1 amide bonds. The van der Waals surface area contributed by atoms with E-state index in [4.69, 9.17) is 16.2 Å². The highest BCUT2D eigenvalue weighted by Crippen LogP contribution is 2.24. The van der Waals surface area contributed by atoms with Gasteiger partial charge in [-0.1, -0.05) is 6.08 Å². The summed E-state index contributed by atoms with van der Waals surface area (Å²) in [7, 11) is 0. The van der Waals surface area contributed by atoms with Crippen LogP contribution in [0.4, 0.5) is 16.4 Å². The Morgan fingerprint density at radius 1 is 1.30 bits per heavy atom. The monoisotopic (exact) mass is 276 g/mol. The first-order chi connectivity index (χ1) is 9.24. The maximum Gasteiger partial charge on any atom is 0.410 e. The molecule has 0 aliphatic carbocycles. The van der Waals surface area contributed by atoms with Crippen LogP contribution in [0.15, 0.2) is 18.2 Å². The average Bonchev–Trinajstić information content (AvgIpc) is 2.74. The van der Waals surface area contributed by atoms with Crippen LogP contribution in [-0.4, -0.2) is 34.7 Å². The van der Waals surface area contributed by atoms with Crippen LogP contribution in [0.5, 0.6) is 0 Å². The average molecular weight is 276 g/mol. The van der Waals surface area contributed by atoms with Crippen molar-refractivity contribution in [2.75, 3.05) is 24.6 Å². The predicted octanol–water partition coefficient (Wildman–Crippen LogP) is 1.88. The molecule has 6 nitrogen and oxygen atoms in total. The molecule has 2 heterocycles. The Morgan fingerprint density at radius 3 is 2.45 bits per heavy atom. The number of nitrogen functional groups attached to an aromatic ring is 2. The second-order valence-corrected chi connectivity index (χ2v) is 5.80. The van der Waals surface area contributed by atoms with E-state index in [0.29, 0.717) is 24.7 Å². The number of carbonyl (C=O) groups excluding carboxylic acids is 1. The van der Waals surface area contributed by atoms with Gasteiger partial charge in [0.25, 0.3) is 0 Å². The molecule has 0 aromatic carbocycles. The van der Waals surface area contributed by atoms with Gasteiger partial charge in [0.1, 0.15) is 17.2 Å². The van der Waals surface area contributed by atoms with Crippen LogP contribution in [0.3, 0.4) is 0 Å². The Kier molecular flexibility index (Phi) is 3.57. The normalized spacial score (nSPS) is 15.2. The minimum Gasteiger partial charge on any atom is -0.444 e. The third-order valence-corrected chi connectivity index (χ3v) is 2.81. The van der Waals surface area contributed by atoms with Crippen molar-refractivity contribution in [1.82, 2.24) is 9.88 Å². The second kappa shape index (κ2) is 5.03. The number of nitrogens with zero attached hydrogens (tertiary/aromatic N) is 2. The molecule has 2 rings (SSSR count). The molecule has 0 bridgehead atoms. The molecule has 6 heteroatoms. The third kappa shape index (κ3) is 3.40. The van der Waals surface area contributed by atoms with Crippen LogP contribution in [0, 0.1) is 0 Å². The molecular formula is C14H20N4O2. The third-order valence-electron chi connectivity index (χ3n) is 2.81. The lowest BCUT2D eigenvalue weighted by Gasteiger charge is -2.24. The Labute approximate surface area is 118 Å². The van der Waals surface area contributed by atoms with Gasteiger partial charge < -0.3 is 21.1 Å². The summed E-state index contributed by atoms with van der Waals surface area (Å²) in [6.07, 6.45) is 1.65. The number of hydrogen-bond acceptors (Lipinski definition) is 5. The number of hydrogen-bond donors (Lipinski definition) is 2. The zero-order valence-electron chi connectivity index (χ0n) is 12.0. The van der Waals surface area contributed by atoms with Crippen LogP contribution >= 0.6 is 0 Å². The van der Waals surface area contributed by atoms with Crippen LogP contribution < -0.4 is 11.5 Å². The summed E-state index contributed by atoms with van der Waals surface area (Å²) >= 11 is 0. The van der Waals surface area contributed by atoms with Gasteiger partial charge in [-0.25, -0.2) is 9.78 Å². The highest BCUT2D eigenvalue weighted by atomic mass is 16.6. The Morgan fingerprint density at radius 2 is 1.90 bits per heavy atom. The molecule has 0 fully saturated rings. The molecule has 0 radical (unpaired) electrons. The number of aromatic nitrogens is 1. The first-order valence-corrected chi connectivity index (χ1v) is 6.45. The van der Waals surface area contributed by atoms with E-state index in [-0.39, 0.29) is 6.09 Å². The second-order valence-electron chi connectivity index (χ2n) is 5.80. The van der Waals surface area contributed by atoms with Crippen molar-refractivity contribution in [3.05, 3.63) is 23.8 Å². The van der Waals surface area contributed by atoms with Crippen molar-refractivity contribution >= 4 is 23.3 Å². The van der Waals surface area contributed by atoms with Gasteiger partial charge in [-0.2, -0.15) is 0 Å². The molecule has 108 valence electrons. The molecule has 0 spiro atoms. The molecular weight excluding hydrogens is 256 g/mol. The molecule has 1 aromatic rings. The quantitative estimate of drug-likeness (QED) is 0.816. The molecule has 0 saturated heterocycles. The fraction of sp³-hybridized carbons (Fsp3) is 0.429. The van der Waals surface area contributed by atoms with E-state index in [9.17, 15) is 4.79 Å². The first-order valence-electron chi connectivity index (χ1n) is 6.45. The van der Waals surface area contributed by atoms with Crippen LogP contribution in [0.1, 0.15) is 26.3 Å². The smallest absolute Gasteiger partial charge is 0.410 e. The largest absolute Gasteiger partial charge is 0.444 e. The molecule has 0 atom stereocenters. The number of ether oxygens (including phenoxy) is 1. The zero-order valence-corrected chi connectivity index (χ0v) is 12.0. The van der Waals surface area contributed by atoms with E-state index in [1.165, 1.54) is 0 Å². The van der Waals surface area contributed by atoms with Gasteiger partial charge in [0.2, 0.25) is 0 Å². The molecule has 1 aliphatic heterocycles. The van der Waals surface area contributed by atoms with Crippen molar-refractivity contribution in [2.24, 2.45) is 0 Å². The molecule has 4 N–H and O–H groups in total. The lowest BCUT2D eigenvalue weighted by Crippen LogP contribution is -2.35. The molecule has 20 heavy (non-hydrogen) atoms.